The van der Waals surface area contributed by atoms with E-state index in [1.54, 1.807) is 12.1 Å². The van der Waals surface area contributed by atoms with Crippen molar-refractivity contribution in [3.63, 3.8) is 0 Å². The predicted octanol–water partition coefficient (Wildman–Crippen LogP) is 4.53. The van der Waals surface area contributed by atoms with Gasteiger partial charge in [-0.1, -0.05) is 41.4 Å². The van der Waals surface area contributed by atoms with Crippen LogP contribution in [0.3, 0.4) is 0 Å². The lowest BCUT2D eigenvalue weighted by Crippen LogP contribution is -2.33. The third-order valence-corrected chi connectivity index (χ3v) is 3.99. The van der Waals surface area contributed by atoms with Crippen molar-refractivity contribution in [3.8, 4) is 0 Å². The number of hydrogen-bond acceptors (Lipinski definition) is 1. The molecular weight excluding hydrogens is 281 g/mol. The van der Waals surface area contributed by atoms with Gasteiger partial charge in [-0.25, -0.2) is 0 Å². The van der Waals surface area contributed by atoms with Gasteiger partial charge in [0, 0.05) is 16.0 Å². The lowest BCUT2D eigenvalue weighted by molar-refractivity contribution is -0.125. The van der Waals surface area contributed by atoms with Gasteiger partial charge in [-0.15, -0.1) is 0 Å². The fourth-order valence-electron chi connectivity index (χ4n) is 2.29. The molecule has 1 aromatic rings. The standard InChI is InChI=1S/C15H17Cl2NO/c1-10(13-8-7-12(16)9-14(13)17)18-15(19)11-5-3-2-4-6-11/h2-3,7-11H,4-6H2,1H3,(H,18,19)/t10-,11-/m1/s1. The van der Waals surface area contributed by atoms with E-state index in [-0.39, 0.29) is 17.9 Å². The molecule has 2 rings (SSSR count). The van der Waals surface area contributed by atoms with Crippen LogP contribution in [0.2, 0.25) is 10.0 Å². The minimum absolute atomic E-state index is 0.0820. The van der Waals surface area contributed by atoms with E-state index in [0.29, 0.717) is 10.0 Å². The number of halogens is 2. The molecule has 0 radical (unpaired) electrons. The van der Waals surface area contributed by atoms with Gasteiger partial charge in [-0.2, -0.15) is 0 Å². The zero-order valence-electron chi connectivity index (χ0n) is 10.8. The maximum Gasteiger partial charge on any atom is 0.223 e. The van der Waals surface area contributed by atoms with Gasteiger partial charge in [-0.3, -0.25) is 4.79 Å². The van der Waals surface area contributed by atoms with Crippen molar-refractivity contribution in [1.82, 2.24) is 5.32 Å². The molecule has 2 nitrogen and oxygen atoms in total. The monoisotopic (exact) mass is 297 g/mol. The van der Waals surface area contributed by atoms with Crippen LogP contribution in [0.4, 0.5) is 0 Å². The highest BCUT2D eigenvalue weighted by molar-refractivity contribution is 6.35. The second-order valence-electron chi connectivity index (χ2n) is 4.88. The Hall–Kier alpha value is -0.990. The molecule has 1 aromatic carbocycles. The highest BCUT2D eigenvalue weighted by Crippen LogP contribution is 2.27. The Morgan fingerprint density at radius 1 is 1.37 bits per heavy atom. The Morgan fingerprint density at radius 2 is 2.16 bits per heavy atom. The van der Waals surface area contributed by atoms with Crippen LogP contribution < -0.4 is 5.32 Å². The number of allylic oxidation sites excluding steroid dienone is 2. The van der Waals surface area contributed by atoms with Crippen molar-refractivity contribution in [2.45, 2.75) is 32.2 Å². The predicted molar refractivity (Wildman–Crippen MR) is 79.5 cm³/mol. The Morgan fingerprint density at radius 3 is 2.79 bits per heavy atom. The second-order valence-corrected chi connectivity index (χ2v) is 5.72. The minimum atomic E-state index is -0.108. The summed E-state index contributed by atoms with van der Waals surface area (Å²) in [5.74, 6) is 0.182. The van der Waals surface area contributed by atoms with Crippen molar-refractivity contribution in [2.75, 3.05) is 0 Å². The second kappa shape index (κ2) is 6.44. The van der Waals surface area contributed by atoms with Crippen LogP contribution in [-0.4, -0.2) is 5.91 Å². The largest absolute Gasteiger partial charge is 0.349 e. The lowest BCUT2D eigenvalue weighted by atomic mass is 9.93. The van der Waals surface area contributed by atoms with Crippen LogP contribution in [0.25, 0.3) is 0 Å². The molecule has 19 heavy (non-hydrogen) atoms. The zero-order chi connectivity index (χ0) is 13.8. The van der Waals surface area contributed by atoms with Crippen molar-refractivity contribution in [3.05, 3.63) is 46.0 Å². The zero-order valence-corrected chi connectivity index (χ0v) is 12.3. The molecule has 0 saturated carbocycles. The molecule has 0 heterocycles. The molecule has 1 aliphatic rings. The molecule has 0 unspecified atom stereocenters. The van der Waals surface area contributed by atoms with Gasteiger partial charge in [0.25, 0.3) is 0 Å². The molecule has 0 saturated heterocycles. The van der Waals surface area contributed by atoms with Gasteiger partial charge < -0.3 is 5.32 Å². The lowest BCUT2D eigenvalue weighted by Gasteiger charge is -2.21. The van der Waals surface area contributed by atoms with Crippen LogP contribution in [0, 0.1) is 5.92 Å². The first-order chi connectivity index (χ1) is 9.08. The smallest absolute Gasteiger partial charge is 0.223 e. The number of hydrogen-bond donors (Lipinski definition) is 1. The van der Waals surface area contributed by atoms with Crippen molar-refractivity contribution in [1.29, 1.82) is 0 Å². The average Bonchev–Trinajstić information content (AvgIpc) is 2.39. The first kappa shape index (κ1) is 14.4. The van der Waals surface area contributed by atoms with Crippen molar-refractivity contribution >= 4 is 29.1 Å². The summed E-state index contributed by atoms with van der Waals surface area (Å²) in [6.07, 6.45) is 6.93. The summed E-state index contributed by atoms with van der Waals surface area (Å²) in [4.78, 5) is 12.1. The summed E-state index contributed by atoms with van der Waals surface area (Å²) in [6, 6.07) is 5.23. The summed E-state index contributed by atoms with van der Waals surface area (Å²) in [6.45, 7) is 1.94. The number of rotatable bonds is 3. The molecular formula is C15H17Cl2NO. The number of carbonyl (C=O) groups excluding carboxylic acids is 1. The maximum absolute atomic E-state index is 12.1. The molecule has 4 heteroatoms. The van der Waals surface area contributed by atoms with E-state index in [2.05, 4.69) is 17.5 Å². The van der Waals surface area contributed by atoms with Crippen molar-refractivity contribution < 1.29 is 4.79 Å². The minimum Gasteiger partial charge on any atom is -0.349 e. The Labute approximate surface area is 123 Å². The number of carbonyl (C=O) groups is 1. The number of amides is 1. The van der Waals surface area contributed by atoms with Gasteiger partial charge in [0.2, 0.25) is 5.91 Å². The SMILES string of the molecule is C[C@@H](NC(=O)[C@@H]1CC=CCC1)c1ccc(Cl)cc1Cl. The van der Waals surface area contributed by atoms with E-state index >= 15 is 0 Å². The fourth-order valence-corrected chi connectivity index (χ4v) is 2.87. The van der Waals surface area contributed by atoms with Crippen LogP contribution in [0.1, 0.15) is 37.8 Å². The molecule has 1 amide bonds. The third kappa shape index (κ3) is 3.74. The average molecular weight is 298 g/mol. The summed E-state index contributed by atoms with van der Waals surface area (Å²) in [7, 11) is 0. The van der Waals surface area contributed by atoms with Gasteiger partial charge in [0.1, 0.15) is 0 Å². The van der Waals surface area contributed by atoms with Gasteiger partial charge in [-0.05, 0) is 43.9 Å². The summed E-state index contributed by atoms with van der Waals surface area (Å²) in [5.41, 5.74) is 0.894. The first-order valence-corrected chi connectivity index (χ1v) is 7.24. The van der Waals surface area contributed by atoms with E-state index in [1.165, 1.54) is 0 Å². The van der Waals surface area contributed by atoms with E-state index in [1.807, 2.05) is 13.0 Å². The maximum atomic E-state index is 12.1. The molecule has 0 aromatic heterocycles. The van der Waals surface area contributed by atoms with Crippen LogP contribution in [-0.2, 0) is 4.79 Å². The molecule has 0 fully saturated rings. The Kier molecular flexibility index (Phi) is 4.89. The Balaban J connectivity index is 2.02. The topological polar surface area (TPSA) is 29.1 Å². The summed E-state index contributed by atoms with van der Waals surface area (Å²) < 4.78 is 0. The quantitative estimate of drug-likeness (QED) is 0.816. The number of nitrogens with one attached hydrogen (secondary N) is 1. The highest BCUT2D eigenvalue weighted by Gasteiger charge is 2.21. The van der Waals surface area contributed by atoms with Crippen LogP contribution in [0.15, 0.2) is 30.4 Å². The van der Waals surface area contributed by atoms with Crippen LogP contribution >= 0.6 is 23.2 Å². The van der Waals surface area contributed by atoms with E-state index < -0.39 is 0 Å². The molecule has 102 valence electrons. The van der Waals surface area contributed by atoms with E-state index in [9.17, 15) is 4.79 Å². The molecule has 0 bridgehead atoms. The number of benzene rings is 1. The molecule has 1 aliphatic carbocycles. The molecule has 1 N–H and O–H groups in total. The van der Waals surface area contributed by atoms with Crippen LogP contribution in [0.5, 0.6) is 0 Å². The molecule has 0 spiro atoms. The highest BCUT2D eigenvalue weighted by atomic mass is 35.5. The molecule has 0 aliphatic heterocycles. The molecule has 2 atom stereocenters. The van der Waals surface area contributed by atoms with Gasteiger partial charge in [0.15, 0.2) is 0 Å². The Bertz CT molecular complexity index is 499. The normalized spacial score (nSPS) is 20.1. The van der Waals surface area contributed by atoms with Gasteiger partial charge in [0.05, 0.1) is 6.04 Å². The van der Waals surface area contributed by atoms with E-state index in [4.69, 9.17) is 23.2 Å². The first-order valence-electron chi connectivity index (χ1n) is 6.48. The van der Waals surface area contributed by atoms with Gasteiger partial charge >= 0.3 is 0 Å². The summed E-state index contributed by atoms with van der Waals surface area (Å²) in [5, 5.41) is 4.21. The van der Waals surface area contributed by atoms with Crippen molar-refractivity contribution in [2.24, 2.45) is 5.92 Å². The van der Waals surface area contributed by atoms with E-state index in [0.717, 1.165) is 24.8 Å². The third-order valence-electron chi connectivity index (χ3n) is 3.43. The summed E-state index contributed by atoms with van der Waals surface area (Å²) >= 11 is 12.0. The fraction of sp³-hybridized carbons (Fsp3) is 0.400.